The van der Waals surface area contributed by atoms with E-state index < -0.39 is 11.5 Å². The Labute approximate surface area is 149 Å². The molecule has 1 fully saturated rings. The van der Waals surface area contributed by atoms with Crippen molar-refractivity contribution >= 4 is 35.0 Å². The minimum atomic E-state index is -0.869. The number of aromatic amines is 1. The molecule has 136 valence electrons. The Kier molecular flexibility index (Phi) is 4.87. The van der Waals surface area contributed by atoms with E-state index in [0.717, 1.165) is 12.8 Å². The number of H-pyrrole nitrogens is 1. The van der Waals surface area contributed by atoms with Crippen LogP contribution in [0.3, 0.4) is 0 Å². The lowest BCUT2D eigenvalue weighted by Gasteiger charge is -2.12. The zero-order chi connectivity index (χ0) is 18.7. The number of amides is 2. The van der Waals surface area contributed by atoms with Gasteiger partial charge in [0.05, 0.1) is 0 Å². The van der Waals surface area contributed by atoms with Gasteiger partial charge >= 0.3 is 0 Å². The molecule has 2 aromatic rings. The molecule has 26 heavy (non-hydrogen) atoms. The zero-order valence-electron chi connectivity index (χ0n) is 14.3. The Balaban J connectivity index is 1.85. The molecule has 2 amide bonds. The second kappa shape index (κ2) is 7.26. The van der Waals surface area contributed by atoms with Gasteiger partial charge in [-0.25, -0.2) is 0 Å². The lowest BCUT2D eigenvalue weighted by Crippen LogP contribution is -2.27. The van der Waals surface area contributed by atoms with Crippen LogP contribution in [0.4, 0.5) is 23.1 Å². The van der Waals surface area contributed by atoms with Gasteiger partial charge in [0.25, 0.3) is 11.5 Å². The van der Waals surface area contributed by atoms with Crippen LogP contribution < -0.4 is 27.2 Å². The molecular weight excluding hydrogens is 336 g/mol. The fourth-order valence-electron chi connectivity index (χ4n) is 2.30. The van der Waals surface area contributed by atoms with Crippen LogP contribution in [0.25, 0.3) is 0 Å². The zero-order valence-corrected chi connectivity index (χ0v) is 14.3. The first-order chi connectivity index (χ1) is 12.5. The molecule has 1 aromatic carbocycles. The van der Waals surface area contributed by atoms with Crippen LogP contribution in [0.15, 0.2) is 29.1 Å². The molecule has 9 nitrogen and oxygen atoms in total. The van der Waals surface area contributed by atoms with Crippen LogP contribution in [0.5, 0.6) is 0 Å². The van der Waals surface area contributed by atoms with Gasteiger partial charge in [-0.2, -0.15) is 4.98 Å². The maximum atomic E-state index is 12.2. The first kappa shape index (κ1) is 17.5. The Morgan fingerprint density at radius 1 is 1.23 bits per heavy atom. The van der Waals surface area contributed by atoms with Crippen LogP contribution in [0.1, 0.15) is 36.5 Å². The summed E-state index contributed by atoms with van der Waals surface area (Å²) in [6.07, 6.45) is 2.40. The van der Waals surface area contributed by atoms with Crippen molar-refractivity contribution < 1.29 is 9.59 Å². The van der Waals surface area contributed by atoms with Gasteiger partial charge in [-0.05, 0) is 37.1 Å². The van der Waals surface area contributed by atoms with Crippen LogP contribution in [0.2, 0.25) is 0 Å². The quantitative estimate of drug-likeness (QED) is 0.509. The number of nitrogens with one attached hydrogen (secondary N) is 4. The molecule has 1 aromatic heterocycles. The Bertz CT molecular complexity index is 886. The predicted molar refractivity (Wildman–Crippen MR) is 98.7 cm³/mol. The number of anilines is 4. The highest BCUT2D eigenvalue weighted by molar-refractivity contribution is 5.98. The van der Waals surface area contributed by atoms with Crippen molar-refractivity contribution in [3.63, 3.8) is 0 Å². The molecule has 0 bridgehead atoms. The van der Waals surface area contributed by atoms with E-state index in [1.54, 1.807) is 31.2 Å². The van der Waals surface area contributed by atoms with Gasteiger partial charge in [0.2, 0.25) is 11.9 Å². The average Bonchev–Trinajstić information content (AvgIpc) is 3.39. The highest BCUT2D eigenvalue weighted by atomic mass is 16.2. The van der Waals surface area contributed by atoms with Crippen molar-refractivity contribution in [2.24, 2.45) is 5.73 Å². The molecule has 1 saturated carbocycles. The highest BCUT2D eigenvalue weighted by Crippen LogP contribution is 2.24. The number of rotatable bonds is 7. The molecule has 0 radical (unpaired) electrons. The van der Waals surface area contributed by atoms with E-state index >= 15 is 0 Å². The van der Waals surface area contributed by atoms with E-state index in [1.807, 2.05) is 0 Å². The third-order valence-electron chi connectivity index (χ3n) is 3.84. The van der Waals surface area contributed by atoms with Crippen molar-refractivity contribution in [1.82, 2.24) is 9.97 Å². The summed E-state index contributed by atoms with van der Waals surface area (Å²) in [5, 5.41) is 8.76. The predicted octanol–water partition coefficient (Wildman–Crippen LogP) is 1.54. The van der Waals surface area contributed by atoms with Gasteiger partial charge in [-0.3, -0.25) is 19.4 Å². The van der Waals surface area contributed by atoms with Crippen molar-refractivity contribution in [2.75, 3.05) is 16.0 Å². The van der Waals surface area contributed by atoms with Crippen molar-refractivity contribution in [2.45, 2.75) is 32.2 Å². The minimum Gasteiger partial charge on any atom is -0.365 e. The summed E-state index contributed by atoms with van der Waals surface area (Å²) in [4.78, 5) is 42.0. The van der Waals surface area contributed by atoms with Crippen molar-refractivity contribution in [3.05, 3.63) is 40.2 Å². The normalized spacial score (nSPS) is 13.1. The van der Waals surface area contributed by atoms with Gasteiger partial charge in [-0.1, -0.05) is 6.92 Å². The first-order valence-electron chi connectivity index (χ1n) is 8.34. The molecule has 0 atom stereocenters. The number of hydrogen-bond acceptors (Lipinski definition) is 6. The molecule has 0 saturated heterocycles. The van der Waals surface area contributed by atoms with E-state index in [2.05, 4.69) is 25.9 Å². The average molecular weight is 356 g/mol. The van der Waals surface area contributed by atoms with Crippen LogP contribution >= 0.6 is 0 Å². The summed E-state index contributed by atoms with van der Waals surface area (Å²) < 4.78 is 0. The van der Waals surface area contributed by atoms with Gasteiger partial charge in [0.15, 0.2) is 5.82 Å². The third kappa shape index (κ3) is 4.18. The van der Waals surface area contributed by atoms with Crippen LogP contribution in [0, 0.1) is 0 Å². The summed E-state index contributed by atoms with van der Waals surface area (Å²) in [6.45, 7) is 1.77. The van der Waals surface area contributed by atoms with Crippen molar-refractivity contribution in [3.8, 4) is 0 Å². The number of benzene rings is 1. The molecule has 9 heteroatoms. The largest absolute Gasteiger partial charge is 0.365 e. The number of nitrogens with zero attached hydrogens (tertiary/aromatic N) is 1. The fourth-order valence-corrected chi connectivity index (χ4v) is 2.30. The fraction of sp³-hybridized carbons (Fsp3) is 0.294. The molecule has 0 spiro atoms. The molecule has 0 unspecified atom stereocenters. The van der Waals surface area contributed by atoms with Gasteiger partial charge in [0.1, 0.15) is 5.56 Å². The molecular formula is C17H20N6O3. The van der Waals surface area contributed by atoms with E-state index in [4.69, 9.17) is 5.73 Å². The van der Waals surface area contributed by atoms with Gasteiger partial charge in [0, 0.05) is 23.8 Å². The second-order valence-electron chi connectivity index (χ2n) is 6.03. The molecule has 0 aliphatic heterocycles. The van der Waals surface area contributed by atoms with E-state index in [1.165, 1.54) is 0 Å². The monoisotopic (exact) mass is 356 g/mol. The molecule has 1 aliphatic rings. The number of primary amides is 1. The number of carbonyl (C=O) groups excluding carboxylic acids is 2. The lowest BCUT2D eigenvalue weighted by atomic mass is 10.2. The van der Waals surface area contributed by atoms with Crippen LogP contribution in [-0.4, -0.2) is 27.8 Å². The Morgan fingerprint density at radius 2 is 1.88 bits per heavy atom. The summed E-state index contributed by atoms with van der Waals surface area (Å²) >= 11 is 0. The molecule has 1 aliphatic carbocycles. The third-order valence-corrected chi connectivity index (χ3v) is 3.84. The molecule has 1 heterocycles. The summed E-state index contributed by atoms with van der Waals surface area (Å²) in [6, 6.07) is 7.10. The van der Waals surface area contributed by atoms with E-state index in [-0.39, 0.29) is 29.3 Å². The minimum absolute atomic E-state index is 0.0785. The van der Waals surface area contributed by atoms with E-state index in [0.29, 0.717) is 17.8 Å². The summed E-state index contributed by atoms with van der Waals surface area (Å²) in [5.41, 5.74) is 5.71. The van der Waals surface area contributed by atoms with Crippen molar-refractivity contribution in [1.29, 1.82) is 0 Å². The number of nitrogens with two attached hydrogens (primary N) is 1. The first-order valence-corrected chi connectivity index (χ1v) is 8.34. The maximum Gasteiger partial charge on any atom is 0.267 e. The number of carbonyl (C=O) groups is 2. The second-order valence-corrected chi connectivity index (χ2v) is 6.03. The molecule has 3 rings (SSSR count). The maximum absolute atomic E-state index is 12.2. The summed E-state index contributed by atoms with van der Waals surface area (Å²) in [5.74, 6) is -0.591. The van der Waals surface area contributed by atoms with Crippen LogP contribution in [-0.2, 0) is 4.79 Å². The Hall–Kier alpha value is -3.36. The number of hydrogen-bond donors (Lipinski definition) is 5. The summed E-state index contributed by atoms with van der Waals surface area (Å²) in [7, 11) is 0. The number of aromatic nitrogens is 2. The van der Waals surface area contributed by atoms with Gasteiger partial charge < -0.3 is 21.7 Å². The topological polar surface area (TPSA) is 142 Å². The Morgan fingerprint density at radius 3 is 2.46 bits per heavy atom. The molecule has 6 N–H and O–H groups in total. The van der Waals surface area contributed by atoms with Gasteiger partial charge in [-0.15, -0.1) is 0 Å². The highest BCUT2D eigenvalue weighted by Gasteiger charge is 2.23. The lowest BCUT2D eigenvalue weighted by molar-refractivity contribution is -0.115. The SMILES string of the molecule is CCC(=O)Nc1ccc(Nc2nc(NC3CC3)[nH]c(=O)c2C(N)=O)cc1. The smallest absolute Gasteiger partial charge is 0.267 e. The standard InChI is InChI=1S/C17H20N6O3/c1-2-12(24)19-9-3-5-10(6-4-9)20-15-13(14(18)25)16(26)23-17(22-15)21-11-7-8-11/h3-6,11H,2,7-8H2,1H3,(H2,18,25)(H,19,24)(H3,20,21,22,23,26). The van der Waals surface area contributed by atoms with E-state index in [9.17, 15) is 14.4 Å².